The second kappa shape index (κ2) is 16.7. The largest absolute Gasteiger partial charge is 0.493 e. The van der Waals surface area contributed by atoms with Crippen molar-refractivity contribution in [2.45, 2.75) is 74.8 Å². The third kappa shape index (κ3) is 8.94. The van der Waals surface area contributed by atoms with Gasteiger partial charge >= 0.3 is 0 Å². The maximum Gasteiger partial charge on any atom is 0.239 e. The van der Waals surface area contributed by atoms with Crippen LogP contribution in [0.5, 0.6) is 11.5 Å². The van der Waals surface area contributed by atoms with Crippen molar-refractivity contribution < 1.29 is 53.5 Å². The van der Waals surface area contributed by atoms with Crippen molar-refractivity contribution >= 4 is 31.9 Å². The first-order chi connectivity index (χ1) is 26.3. The minimum Gasteiger partial charge on any atom is -0.493 e. The molecule has 0 bridgehead atoms. The van der Waals surface area contributed by atoms with E-state index in [0.717, 1.165) is 36.8 Å². The van der Waals surface area contributed by atoms with Gasteiger partial charge in [-0.15, -0.1) is 0 Å². The zero-order chi connectivity index (χ0) is 40.7. The van der Waals surface area contributed by atoms with Crippen LogP contribution in [0.4, 0.5) is 17.6 Å². The van der Waals surface area contributed by atoms with Gasteiger partial charge in [0.2, 0.25) is 31.9 Å². The average Bonchev–Trinajstić information content (AvgIpc) is 3.91. The van der Waals surface area contributed by atoms with E-state index in [1.165, 1.54) is 20.7 Å². The molecule has 4 fully saturated rings. The molecule has 6 rings (SSSR count). The molecular formula is C36H48F4N6O8S2. The standard InChI is InChI=1S/C36H48F4N6O8S2/c1-55(49,50)45-17-21(19-53-23-7-9-25(37)27(39)15-23)33-31(45)11-13-43(33)35(47)29(41)5-3-4-6-30(42)36(48)44-14-12-32-34(44)22(18-46(32)56(2,51)52)20-54-24-8-10-26(38)28(40)16-24/h7-10,15-16,21-22,29-34H,3-6,11-14,17-20,41-42H2,1-2H3/t21-,22-,29+,30+,31-,32-,33-,34-/m1/s1. The molecule has 4 heterocycles. The zero-order valence-electron chi connectivity index (χ0n) is 31.1. The zero-order valence-corrected chi connectivity index (χ0v) is 32.7. The number of hydrogen-bond donors (Lipinski definition) is 2. The van der Waals surface area contributed by atoms with Gasteiger partial charge in [-0.25, -0.2) is 34.4 Å². The molecule has 0 unspecified atom stereocenters. The smallest absolute Gasteiger partial charge is 0.239 e. The summed E-state index contributed by atoms with van der Waals surface area (Å²) in [5.74, 6) is -5.74. The quantitative estimate of drug-likeness (QED) is 0.198. The second-order valence-corrected chi connectivity index (χ2v) is 19.1. The Bertz CT molecular complexity index is 1870. The van der Waals surface area contributed by atoms with E-state index in [-0.39, 0.29) is 75.5 Å². The van der Waals surface area contributed by atoms with Gasteiger partial charge in [0.05, 0.1) is 49.9 Å². The molecule has 2 aromatic carbocycles. The summed E-state index contributed by atoms with van der Waals surface area (Å²) >= 11 is 0. The molecule has 2 amide bonds. The molecule has 0 aliphatic carbocycles. The molecule has 0 spiro atoms. The Kier molecular flexibility index (Phi) is 12.6. The number of fused-ring (bicyclic) bond motifs is 2. The first-order valence-electron chi connectivity index (χ1n) is 18.6. The molecule has 0 aromatic heterocycles. The van der Waals surface area contributed by atoms with Crippen LogP contribution >= 0.6 is 0 Å². The van der Waals surface area contributed by atoms with Crippen molar-refractivity contribution in [1.29, 1.82) is 0 Å². The van der Waals surface area contributed by atoms with E-state index in [9.17, 15) is 44.0 Å². The summed E-state index contributed by atoms with van der Waals surface area (Å²) in [6.07, 6.45) is 4.42. The topological polar surface area (TPSA) is 186 Å². The molecule has 2 aromatic rings. The SMILES string of the molecule is CS(=O)(=O)N1C[C@H](COc2ccc(F)c(F)c2)[C@@H]2[C@H]1CCN2C(=O)[C@@H](N)CCCC[C@H](N)C(=O)N1CC[C@@H]2[C@H]1[C@@H](COc1ccc(F)c(F)c1)CN2S(C)(=O)=O. The van der Waals surface area contributed by atoms with Gasteiger partial charge in [0.25, 0.3) is 0 Å². The number of hydrogen-bond acceptors (Lipinski definition) is 10. The van der Waals surface area contributed by atoms with E-state index in [4.69, 9.17) is 20.9 Å². The van der Waals surface area contributed by atoms with Gasteiger partial charge in [-0.1, -0.05) is 12.8 Å². The minimum absolute atomic E-state index is 0.0455. The number of likely N-dealkylation sites (tertiary alicyclic amines) is 2. The summed E-state index contributed by atoms with van der Waals surface area (Å²) in [4.78, 5) is 30.6. The lowest BCUT2D eigenvalue weighted by Gasteiger charge is -2.31. The normalized spacial score (nSPS) is 26.6. The Morgan fingerprint density at radius 1 is 0.679 bits per heavy atom. The molecule has 0 saturated carbocycles. The number of nitrogens with zero attached hydrogens (tertiary/aromatic N) is 4. The number of benzene rings is 2. The van der Waals surface area contributed by atoms with Gasteiger partial charge in [0, 0.05) is 62.2 Å². The first kappa shape index (κ1) is 42.1. The highest BCUT2D eigenvalue weighted by Crippen LogP contribution is 2.39. The Hall–Kier alpha value is -3.56. The number of sulfonamides is 2. The fourth-order valence-corrected chi connectivity index (χ4v) is 11.2. The van der Waals surface area contributed by atoms with E-state index in [2.05, 4.69) is 0 Å². The van der Waals surface area contributed by atoms with E-state index in [1.807, 2.05) is 0 Å². The van der Waals surface area contributed by atoms with Gasteiger partial charge in [-0.2, -0.15) is 8.61 Å². The third-order valence-corrected chi connectivity index (χ3v) is 14.0. The summed E-state index contributed by atoms with van der Waals surface area (Å²) in [5, 5.41) is 0. The predicted molar refractivity (Wildman–Crippen MR) is 196 cm³/mol. The number of ether oxygens (including phenoxy) is 2. The van der Waals surface area contributed by atoms with Crippen LogP contribution in [0.25, 0.3) is 0 Å². The van der Waals surface area contributed by atoms with Gasteiger partial charge < -0.3 is 30.7 Å². The predicted octanol–water partition coefficient (Wildman–Crippen LogP) is 1.64. The highest BCUT2D eigenvalue weighted by Gasteiger charge is 2.55. The number of amides is 2. The van der Waals surface area contributed by atoms with Crippen LogP contribution in [0.3, 0.4) is 0 Å². The van der Waals surface area contributed by atoms with Crippen molar-refractivity contribution in [2.75, 3.05) is 51.9 Å². The first-order valence-corrected chi connectivity index (χ1v) is 22.3. The lowest BCUT2D eigenvalue weighted by atomic mass is 9.98. The molecular weight excluding hydrogens is 785 g/mol. The van der Waals surface area contributed by atoms with Crippen LogP contribution in [-0.2, 0) is 29.6 Å². The number of carbonyl (C=O) groups is 2. The molecule has 4 saturated heterocycles. The van der Waals surface area contributed by atoms with Crippen molar-refractivity contribution in [1.82, 2.24) is 18.4 Å². The number of nitrogens with two attached hydrogens (primary N) is 2. The van der Waals surface area contributed by atoms with Gasteiger partial charge in [-0.05, 0) is 49.9 Å². The molecule has 4 aliphatic heterocycles. The van der Waals surface area contributed by atoms with E-state index < -0.39 is 91.4 Å². The summed E-state index contributed by atoms with van der Waals surface area (Å²) in [5.41, 5.74) is 12.8. The summed E-state index contributed by atoms with van der Waals surface area (Å²) < 4.78 is 119. The van der Waals surface area contributed by atoms with Crippen molar-refractivity contribution in [3.63, 3.8) is 0 Å². The summed E-state index contributed by atoms with van der Waals surface area (Å²) in [6, 6.07) is 2.30. The molecule has 310 valence electrons. The van der Waals surface area contributed by atoms with Crippen molar-refractivity contribution in [3.8, 4) is 11.5 Å². The van der Waals surface area contributed by atoms with Crippen LogP contribution in [0, 0.1) is 35.1 Å². The number of halogens is 4. The molecule has 4 aliphatic rings. The Balaban J connectivity index is 1.02. The number of unbranched alkanes of at least 4 members (excludes halogenated alkanes) is 1. The molecule has 20 heteroatoms. The Morgan fingerprint density at radius 2 is 1.05 bits per heavy atom. The average molecular weight is 833 g/mol. The van der Waals surface area contributed by atoms with Crippen LogP contribution < -0.4 is 20.9 Å². The fourth-order valence-electron chi connectivity index (χ4n) is 8.83. The van der Waals surface area contributed by atoms with Gasteiger partial charge in [-0.3, -0.25) is 9.59 Å². The molecule has 4 N–H and O–H groups in total. The van der Waals surface area contributed by atoms with Crippen LogP contribution in [0.15, 0.2) is 36.4 Å². The van der Waals surface area contributed by atoms with E-state index in [0.29, 0.717) is 25.7 Å². The lowest BCUT2D eigenvalue weighted by Crippen LogP contribution is -2.50. The van der Waals surface area contributed by atoms with Crippen molar-refractivity contribution in [3.05, 3.63) is 59.7 Å². The van der Waals surface area contributed by atoms with Crippen LogP contribution in [-0.4, -0.2) is 135 Å². The summed E-state index contributed by atoms with van der Waals surface area (Å²) in [7, 11) is -7.26. The van der Waals surface area contributed by atoms with Gasteiger partial charge in [0.1, 0.15) is 11.5 Å². The van der Waals surface area contributed by atoms with E-state index in [1.54, 1.807) is 9.80 Å². The van der Waals surface area contributed by atoms with Crippen LogP contribution in [0.1, 0.15) is 38.5 Å². The van der Waals surface area contributed by atoms with Crippen molar-refractivity contribution in [2.24, 2.45) is 23.3 Å². The highest BCUT2D eigenvalue weighted by atomic mass is 32.2. The Morgan fingerprint density at radius 3 is 1.39 bits per heavy atom. The monoisotopic (exact) mass is 832 g/mol. The second-order valence-electron chi connectivity index (χ2n) is 15.2. The van der Waals surface area contributed by atoms with Gasteiger partial charge in [0.15, 0.2) is 23.3 Å². The molecule has 14 nitrogen and oxygen atoms in total. The number of carbonyl (C=O) groups excluding carboxylic acids is 2. The molecule has 0 radical (unpaired) electrons. The maximum atomic E-state index is 13.8. The lowest BCUT2D eigenvalue weighted by molar-refractivity contribution is -0.135. The third-order valence-electron chi connectivity index (χ3n) is 11.4. The Labute approximate surface area is 324 Å². The van der Waals surface area contributed by atoms with Crippen LogP contribution in [0.2, 0.25) is 0 Å². The fraction of sp³-hybridized carbons (Fsp3) is 0.611. The van der Waals surface area contributed by atoms with E-state index >= 15 is 0 Å². The molecule has 56 heavy (non-hydrogen) atoms. The summed E-state index contributed by atoms with van der Waals surface area (Å²) in [6.45, 7) is 0.616. The minimum atomic E-state index is -3.63. The molecule has 8 atom stereocenters. The number of rotatable bonds is 15. The maximum absolute atomic E-state index is 13.8. The highest BCUT2D eigenvalue weighted by molar-refractivity contribution is 7.88.